The van der Waals surface area contributed by atoms with Crippen LogP contribution in [0.4, 0.5) is 0 Å². The molecule has 0 atom stereocenters. The minimum atomic E-state index is 0.0136. The quantitative estimate of drug-likeness (QED) is 0.874. The van der Waals surface area contributed by atoms with Crippen molar-refractivity contribution in [1.29, 1.82) is 0 Å². The molecule has 0 aromatic heterocycles. The third-order valence-corrected chi connectivity index (χ3v) is 2.76. The van der Waals surface area contributed by atoms with E-state index in [9.17, 15) is 0 Å². The lowest BCUT2D eigenvalue weighted by Crippen LogP contribution is -1.81. The van der Waals surface area contributed by atoms with Crippen molar-refractivity contribution in [3.8, 4) is 0 Å². The fourth-order valence-corrected chi connectivity index (χ4v) is 1.63. The second-order valence-corrected chi connectivity index (χ2v) is 4.30. The Morgan fingerprint density at radius 1 is 0.944 bits per heavy atom. The average Bonchev–Trinajstić information content (AvgIpc) is 2.40. The summed E-state index contributed by atoms with van der Waals surface area (Å²) in [7, 11) is 0. The molecule has 2 nitrogen and oxygen atoms in total. The zero-order chi connectivity index (χ0) is 13.4. The van der Waals surface area contributed by atoms with Gasteiger partial charge in [-0.15, -0.1) is 0 Å². The molecule has 0 saturated heterocycles. The molecular formula is C15H17ClO2. The zero-order valence-electron chi connectivity index (χ0n) is 10.3. The highest BCUT2D eigenvalue weighted by Crippen LogP contribution is 2.13. The average molecular weight is 265 g/mol. The van der Waals surface area contributed by atoms with Crippen LogP contribution in [-0.4, -0.2) is 10.2 Å². The van der Waals surface area contributed by atoms with Crippen LogP contribution in [0.3, 0.4) is 0 Å². The van der Waals surface area contributed by atoms with Gasteiger partial charge < -0.3 is 10.2 Å². The molecule has 0 bridgehead atoms. The van der Waals surface area contributed by atoms with Crippen LogP contribution in [0.5, 0.6) is 0 Å². The highest BCUT2D eigenvalue weighted by Gasteiger charge is 1.93. The zero-order valence-corrected chi connectivity index (χ0v) is 11.1. The molecule has 0 heterocycles. The molecular weight excluding hydrogens is 248 g/mol. The molecule has 3 heteroatoms. The molecule has 2 rings (SSSR count). The smallest absolute Gasteiger partial charge is 0.0696 e. The van der Waals surface area contributed by atoms with E-state index in [-0.39, 0.29) is 13.2 Å². The number of aryl methyl sites for hydroxylation is 1. The van der Waals surface area contributed by atoms with Crippen molar-refractivity contribution in [3.63, 3.8) is 0 Å². The molecule has 2 N–H and O–H groups in total. The minimum absolute atomic E-state index is 0.0136. The van der Waals surface area contributed by atoms with E-state index in [0.717, 1.165) is 11.1 Å². The Morgan fingerprint density at radius 2 is 1.67 bits per heavy atom. The number of halogens is 1. The van der Waals surface area contributed by atoms with E-state index in [0.29, 0.717) is 5.02 Å². The summed E-state index contributed by atoms with van der Waals surface area (Å²) >= 11 is 5.66. The second kappa shape index (κ2) is 7.88. The van der Waals surface area contributed by atoms with Gasteiger partial charge >= 0.3 is 0 Å². The highest BCUT2D eigenvalue weighted by molar-refractivity contribution is 6.31. The van der Waals surface area contributed by atoms with Crippen LogP contribution < -0.4 is 0 Å². The number of rotatable bonds is 2. The lowest BCUT2D eigenvalue weighted by molar-refractivity contribution is 0.281. The van der Waals surface area contributed by atoms with Crippen LogP contribution in [0.2, 0.25) is 5.02 Å². The number of hydrogen-bond acceptors (Lipinski definition) is 2. The van der Waals surface area contributed by atoms with Gasteiger partial charge in [0.2, 0.25) is 0 Å². The highest BCUT2D eigenvalue weighted by atomic mass is 35.5. The molecule has 0 saturated carbocycles. The minimum Gasteiger partial charge on any atom is -0.392 e. The standard InChI is InChI=1S/C8H10O.C7H7ClO/c1-7-3-2-4-8(5-7)6-9;8-7-4-2-1-3-6(7)5-9/h2-5,9H,6H2,1H3;1-4,9H,5H2. The first-order valence-electron chi connectivity index (χ1n) is 5.68. The van der Waals surface area contributed by atoms with Crippen molar-refractivity contribution in [2.45, 2.75) is 20.1 Å². The van der Waals surface area contributed by atoms with Crippen LogP contribution in [-0.2, 0) is 13.2 Å². The van der Waals surface area contributed by atoms with Gasteiger partial charge in [-0.2, -0.15) is 0 Å². The van der Waals surface area contributed by atoms with Gasteiger partial charge in [0.15, 0.2) is 0 Å². The van der Waals surface area contributed by atoms with Gasteiger partial charge in [-0.05, 0) is 24.1 Å². The molecule has 0 aliphatic heterocycles. The monoisotopic (exact) mass is 264 g/mol. The van der Waals surface area contributed by atoms with Crippen molar-refractivity contribution < 1.29 is 10.2 Å². The Bertz CT molecular complexity index is 483. The molecule has 0 radical (unpaired) electrons. The normalized spacial score (nSPS) is 9.56. The van der Waals surface area contributed by atoms with Gasteiger partial charge in [0.05, 0.1) is 13.2 Å². The lowest BCUT2D eigenvalue weighted by Gasteiger charge is -1.95. The Hall–Kier alpha value is -1.35. The maximum absolute atomic E-state index is 8.66. The number of hydrogen-bond donors (Lipinski definition) is 2. The maximum atomic E-state index is 8.66. The van der Waals surface area contributed by atoms with Gasteiger partial charge in [-0.1, -0.05) is 59.6 Å². The van der Waals surface area contributed by atoms with Gasteiger partial charge in [0, 0.05) is 5.02 Å². The van der Waals surface area contributed by atoms with Crippen molar-refractivity contribution >= 4 is 11.6 Å². The van der Waals surface area contributed by atoms with E-state index in [1.165, 1.54) is 5.56 Å². The van der Waals surface area contributed by atoms with Gasteiger partial charge in [-0.3, -0.25) is 0 Å². The third-order valence-electron chi connectivity index (χ3n) is 2.39. The molecule has 0 spiro atoms. The summed E-state index contributed by atoms with van der Waals surface area (Å²) in [5.41, 5.74) is 2.95. The Morgan fingerprint density at radius 3 is 2.11 bits per heavy atom. The summed E-state index contributed by atoms with van der Waals surface area (Å²) in [6.45, 7) is 2.17. The van der Waals surface area contributed by atoms with E-state index >= 15 is 0 Å². The largest absolute Gasteiger partial charge is 0.392 e. The predicted octanol–water partition coefficient (Wildman–Crippen LogP) is 3.32. The fraction of sp³-hybridized carbons (Fsp3) is 0.200. The SMILES string of the molecule is Cc1cccc(CO)c1.OCc1ccccc1Cl. The van der Waals surface area contributed by atoms with Crippen LogP contribution in [0, 0.1) is 6.92 Å². The van der Waals surface area contributed by atoms with Crippen molar-refractivity contribution in [2.75, 3.05) is 0 Å². The van der Waals surface area contributed by atoms with Crippen molar-refractivity contribution in [1.82, 2.24) is 0 Å². The molecule has 0 unspecified atom stereocenters. The Balaban J connectivity index is 0.000000180. The molecule has 0 fully saturated rings. The first-order chi connectivity index (χ1) is 8.67. The summed E-state index contributed by atoms with van der Waals surface area (Å²) in [6, 6.07) is 15.1. The first-order valence-corrected chi connectivity index (χ1v) is 6.06. The van der Waals surface area contributed by atoms with Crippen LogP contribution >= 0.6 is 11.6 Å². The topological polar surface area (TPSA) is 40.5 Å². The molecule has 0 aliphatic rings. The van der Waals surface area contributed by atoms with E-state index in [1.54, 1.807) is 12.1 Å². The molecule has 0 aliphatic carbocycles. The van der Waals surface area contributed by atoms with E-state index in [1.807, 2.05) is 43.3 Å². The maximum Gasteiger partial charge on any atom is 0.0696 e. The Kier molecular flexibility index (Phi) is 6.44. The third kappa shape index (κ3) is 4.88. The molecule has 2 aromatic carbocycles. The summed E-state index contributed by atoms with van der Waals surface area (Å²) < 4.78 is 0. The van der Waals surface area contributed by atoms with Crippen LogP contribution in [0.1, 0.15) is 16.7 Å². The molecule has 18 heavy (non-hydrogen) atoms. The van der Waals surface area contributed by atoms with Gasteiger partial charge in [-0.25, -0.2) is 0 Å². The second-order valence-electron chi connectivity index (χ2n) is 3.90. The summed E-state index contributed by atoms with van der Waals surface area (Å²) in [5, 5.41) is 17.9. The number of benzene rings is 2. The molecule has 2 aromatic rings. The van der Waals surface area contributed by atoms with E-state index < -0.39 is 0 Å². The summed E-state index contributed by atoms with van der Waals surface area (Å²) in [6.07, 6.45) is 0. The first kappa shape index (κ1) is 14.7. The fourth-order valence-electron chi connectivity index (χ4n) is 1.44. The van der Waals surface area contributed by atoms with Crippen molar-refractivity contribution in [2.24, 2.45) is 0 Å². The van der Waals surface area contributed by atoms with E-state index in [4.69, 9.17) is 21.8 Å². The number of aliphatic hydroxyl groups is 2. The lowest BCUT2D eigenvalue weighted by atomic mass is 10.1. The van der Waals surface area contributed by atoms with Gasteiger partial charge in [0.25, 0.3) is 0 Å². The summed E-state index contributed by atoms with van der Waals surface area (Å²) in [5.74, 6) is 0. The van der Waals surface area contributed by atoms with Crippen LogP contribution in [0.15, 0.2) is 48.5 Å². The van der Waals surface area contributed by atoms with E-state index in [2.05, 4.69) is 0 Å². The molecule has 0 amide bonds. The predicted molar refractivity (Wildman–Crippen MR) is 74.5 cm³/mol. The Labute approximate surface area is 112 Å². The van der Waals surface area contributed by atoms with Crippen LogP contribution in [0.25, 0.3) is 0 Å². The van der Waals surface area contributed by atoms with Crippen molar-refractivity contribution in [3.05, 3.63) is 70.2 Å². The summed E-state index contributed by atoms with van der Waals surface area (Å²) in [4.78, 5) is 0. The molecule has 96 valence electrons. The van der Waals surface area contributed by atoms with Gasteiger partial charge in [0.1, 0.15) is 0 Å². The number of aliphatic hydroxyl groups excluding tert-OH is 2.